The fourth-order valence-electron chi connectivity index (χ4n) is 2.47. The maximum atomic E-state index is 13.0. The van der Waals surface area contributed by atoms with E-state index in [0.29, 0.717) is 16.1 Å². The van der Waals surface area contributed by atoms with Crippen LogP contribution in [0, 0.1) is 25.2 Å². The lowest BCUT2D eigenvalue weighted by atomic mass is 10.1. The Balaban J connectivity index is 2.32. The minimum absolute atomic E-state index is 0.114. The van der Waals surface area contributed by atoms with Crippen LogP contribution in [0.25, 0.3) is 16.6 Å². The summed E-state index contributed by atoms with van der Waals surface area (Å²) in [5.74, 6) is 0. The van der Waals surface area contributed by atoms with Crippen molar-refractivity contribution in [2.24, 2.45) is 0 Å². The molecular formula is C19H17N3OS. The van der Waals surface area contributed by atoms with Crippen molar-refractivity contribution in [3.05, 3.63) is 63.9 Å². The molecular weight excluding hydrogens is 318 g/mol. The van der Waals surface area contributed by atoms with E-state index in [1.807, 2.05) is 50.2 Å². The minimum atomic E-state index is -0.296. The Bertz CT molecular complexity index is 1020. The molecule has 0 saturated carbocycles. The molecule has 0 fully saturated rings. The van der Waals surface area contributed by atoms with Crippen LogP contribution in [0.15, 0.2) is 52.4 Å². The Morgan fingerprint density at radius 3 is 2.62 bits per heavy atom. The van der Waals surface area contributed by atoms with Gasteiger partial charge in [-0.2, -0.15) is 5.26 Å². The third kappa shape index (κ3) is 2.93. The summed E-state index contributed by atoms with van der Waals surface area (Å²) in [5, 5.41) is 9.95. The van der Waals surface area contributed by atoms with Crippen molar-refractivity contribution >= 4 is 22.7 Å². The van der Waals surface area contributed by atoms with Crippen molar-refractivity contribution in [3.8, 4) is 11.8 Å². The lowest BCUT2D eigenvalue weighted by Crippen LogP contribution is -2.22. The average molecular weight is 335 g/mol. The molecule has 0 aliphatic rings. The van der Waals surface area contributed by atoms with Crippen molar-refractivity contribution in [1.29, 1.82) is 5.26 Å². The number of hydrogen-bond donors (Lipinski definition) is 0. The molecule has 1 aromatic heterocycles. The van der Waals surface area contributed by atoms with E-state index in [-0.39, 0.29) is 10.8 Å². The highest BCUT2D eigenvalue weighted by Gasteiger charge is 2.16. The first-order chi connectivity index (χ1) is 11.5. The molecule has 1 atom stereocenters. The average Bonchev–Trinajstić information content (AvgIpc) is 2.58. The molecule has 5 heteroatoms. The minimum Gasteiger partial charge on any atom is -0.268 e. The number of para-hydroxylation sites is 1. The predicted molar refractivity (Wildman–Crippen MR) is 97.7 cm³/mol. The number of thioether (sulfide) groups is 1. The number of aromatic nitrogens is 2. The number of rotatable bonds is 3. The molecule has 2 aromatic carbocycles. The van der Waals surface area contributed by atoms with Gasteiger partial charge >= 0.3 is 0 Å². The maximum absolute atomic E-state index is 13.0. The van der Waals surface area contributed by atoms with E-state index in [0.717, 1.165) is 11.3 Å². The third-order valence-electron chi connectivity index (χ3n) is 3.96. The monoisotopic (exact) mass is 335 g/mol. The molecule has 0 saturated heterocycles. The normalized spacial score (nSPS) is 12.1. The molecule has 0 aliphatic heterocycles. The van der Waals surface area contributed by atoms with Gasteiger partial charge in [0.25, 0.3) is 5.56 Å². The molecule has 0 aliphatic carbocycles. The van der Waals surface area contributed by atoms with E-state index in [4.69, 9.17) is 5.26 Å². The molecule has 24 heavy (non-hydrogen) atoms. The van der Waals surface area contributed by atoms with Gasteiger partial charge in [-0.05, 0) is 56.2 Å². The number of nitrogens with zero attached hydrogens (tertiary/aromatic N) is 3. The first-order valence-corrected chi connectivity index (χ1v) is 8.55. The van der Waals surface area contributed by atoms with E-state index < -0.39 is 0 Å². The number of hydrogen-bond acceptors (Lipinski definition) is 4. The van der Waals surface area contributed by atoms with Crippen LogP contribution in [0.2, 0.25) is 0 Å². The summed E-state index contributed by atoms with van der Waals surface area (Å²) >= 11 is 1.29. The molecule has 0 amide bonds. The van der Waals surface area contributed by atoms with E-state index in [1.165, 1.54) is 17.3 Å². The van der Waals surface area contributed by atoms with E-state index in [1.54, 1.807) is 17.6 Å². The van der Waals surface area contributed by atoms with Crippen LogP contribution in [-0.4, -0.2) is 14.8 Å². The van der Waals surface area contributed by atoms with Gasteiger partial charge in [0.1, 0.15) is 0 Å². The van der Waals surface area contributed by atoms with Crippen LogP contribution in [0.5, 0.6) is 0 Å². The zero-order valence-corrected chi connectivity index (χ0v) is 14.6. The van der Waals surface area contributed by atoms with Gasteiger partial charge in [-0.15, -0.1) is 0 Å². The summed E-state index contributed by atoms with van der Waals surface area (Å²) in [5.41, 5.74) is 3.58. The van der Waals surface area contributed by atoms with Crippen LogP contribution in [0.4, 0.5) is 0 Å². The van der Waals surface area contributed by atoms with Crippen molar-refractivity contribution in [3.63, 3.8) is 0 Å². The Hall–Kier alpha value is -2.58. The van der Waals surface area contributed by atoms with Gasteiger partial charge in [0.2, 0.25) is 0 Å². The molecule has 0 radical (unpaired) electrons. The van der Waals surface area contributed by atoms with Gasteiger partial charge < -0.3 is 0 Å². The Morgan fingerprint density at radius 1 is 1.17 bits per heavy atom. The van der Waals surface area contributed by atoms with E-state index >= 15 is 0 Å². The molecule has 3 rings (SSSR count). The lowest BCUT2D eigenvalue weighted by Gasteiger charge is -2.15. The highest BCUT2D eigenvalue weighted by molar-refractivity contribution is 8.00. The Kier molecular flexibility index (Phi) is 4.41. The van der Waals surface area contributed by atoms with Crippen LogP contribution >= 0.6 is 11.8 Å². The highest BCUT2D eigenvalue weighted by atomic mass is 32.2. The van der Waals surface area contributed by atoms with Gasteiger partial charge in [0.15, 0.2) is 5.16 Å². The molecule has 0 unspecified atom stereocenters. The fraction of sp³-hybridized carbons (Fsp3) is 0.211. The van der Waals surface area contributed by atoms with E-state index in [2.05, 4.69) is 11.1 Å². The molecule has 0 bridgehead atoms. The standard InChI is InChI=1S/C19H17N3OS/c1-12-8-9-15(10-13(12)2)22-18(23)16-6-4-5-7-17(16)21-19(22)24-14(3)11-20/h4-10,14H,1-3H3/t14-/m0/s1. The number of fused-ring (bicyclic) bond motifs is 1. The largest absolute Gasteiger partial charge is 0.268 e. The summed E-state index contributed by atoms with van der Waals surface area (Å²) in [6.45, 7) is 5.85. The van der Waals surface area contributed by atoms with Crippen LogP contribution in [-0.2, 0) is 0 Å². The summed E-state index contributed by atoms with van der Waals surface area (Å²) in [6, 6.07) is 15.4. The van der Waals surface area contributed by atoms with Crippen LogP contribution in [0.1, 0.15) is 18.1 Å². The smallest absolute Gasteiger partial charge is 0.266 e. The molecule has 0 spiro atoms. The quantitative estimate of drug-likeness (QED) is 0.536. The molecule has 1 heterocycles. The van der Waals surface area contributed by atoms with Gasteiger partial charge in [-0.3, -0.25) is 9.36 Å². The number of benzene rings is 2. The van der Waals surface area contributed by atoms with Gasteiger partial charge in [-0.1, -0.05) is 30.0 Å². The van der Waals surface area contributed by atoms with Crippen LogP contribution < -0.4 is 5.56 Å². The van der Waals surface area contributed by atoms with Crippen molar-refractivity contribution in [1.82, 2.24) is 9.55 Å². The Labute approximate surface area is 144 Å². The second-order valence-electron chi connectivity index (χ2n) is 5.71. The third-order valence-corrected chi connectivity index (χ3v) is 4.90. The van der Waals surface area contributed by atoms with Crippen LogP contribution in [0.3, 0.4) is 0 Å². The molecule has 120 valence electrons. The van der Waals surface area contributed by atoms with Crippen molar-refractivity contribution in [2.45, 2.75) is 31.2 Å². The van der Waals surface area contributed by atoms with Crippen molar-refractivity contribution in [2.75, 3.05) is 0 Å². The van der Waals surface area contributed by atoms with Crippen molar-refractivity contribution < 1.29 is 0 Å². The lowest BCUT2D eigenvalue weighted by molar-refractivity contribution is 0.817. The second-order valence-corrected chi connectivity index (χ2v) is 7.02. The number of aryl methyl sites for hydroxylation is 2. The van der Waals surface area contributed by atoms with E-state index in [9.17, 15) is 4.79 Å². The number of nitriles is 1. The Morgan fingerprint density at radius 2 is 1.92 bits per heavy atom. The fourth-order valence-corrected chi connectivity index (χ4v) is 3.28. The molecule has 3 aromatic rings. The zero-order valence-electron chi connectivity index (χ0n) is 13.8. The molecule has 4 nitrogen and oxygen atoms in total. The first-order valence-electron chi connectivity index (χ1n) is 7.67. The van der Waals surface area contributed by atoms with Gasteiger partial charge in [0, 0.05) is 0 Å². The second kappa shape index (κ2) is 6.50. The molecule has 0 N–H and O–H groups in total. The summed E-state index contributed by atoms with van der Waals surface area (Å²) in [7, 11) is 0. The topological polar surface area (TPSA) is 58.7 Å². The summed E-state index contributed by atoms with van der Waals surface area (Å²) < 4.78 is 1.60. The summed E-state index contributed by atoms with van der Waals surface area (Å²) in [6.07, 6.45) is 0. The predicted octanol–water partition coefficient (Wildman–Crippen LogP) is 4.01. The SMILES string of the molecule is Cc1ccc(-n2c(S[C@@H](C)C#N)nc3ccccc3c2=O)cc1C. The summed E-state index contributed by atoms with van der Waals surface area (Å²) in [4.78, 5) is 17.7. The zero-order chi connectivity index (χ0) is 17.3. The first kappa shape index (κ1) is 16.3. The highest BCUT2D eigenvalue weighted by Crippen LogP contribution is 2.25. The van der Waals surface area contributed by atoms with Gasteiger partial charge in [-0.25, -0.2) is 4.98 Å². The maximum Gasteiger partial charge on any atom is 0.266 e. The van der Waals surface area contributed by atoms with Gasteiger partial charge in [0.05, 0.1) is 27.9 Å².